The fourth-order valence-electron chi connectivity index (χ4n) is 3.05. The van der Waals surface area contributed by atoms with Crippen LogP contribution in [0.3, 0.4) is 0 Å². The molecule has 1 fully saturated rings. The summed E-state index contributed by atoms with van der Waals surface area (Å²) in [4.78, 5) is 23.1. The summed E-state index contributed by atoms with van der Waals surface area (Å²) in [5, 5.41) is 2.03. The van der Waals surface area contributed by atoms with Crippen LogP contribution in [-0.4, -0.2) is 27.8 Å². The van der Waals surface area contributed by atoms with E-state index in [-0.39, 0.29) is 11.2 Å². The van der Waals surface area contributed by atoms with Gasteiger partial charge < -0.3 is 4.74 Å². The second kappa shape index (κ2) is 5.25. The first-order valence-electron chi connectivity index (χ1n) is 7.31. The Hall–Kier alpha value is -1.14. The molecule has 6 heteroatoms. The number of ether oxygens (including phenoxy) is 1. The number of aromatic nitrogens is 2. The number of hydrogen-bond acceptors (Lipinski definition) is 6. The molecule has 0 aromatic carbocycles. The second-order valence-electron chi connectivity index (χ2n) is 5.77. The topological polar surface area (TPSA) is 52.1 Å². The number of hydrogen-bond donors (Lipinski definition) is 0. The molecule has 1 aliphatic carbocycles. The van der Waals surface area contributed by atoms with Crippen LogP contribution in [0.25, 0.3) is 10.2 Å². The summed E-state index contributed by atoms with van der Waals surface area (Å²) in [6.45, 7) is 2.84. The number of aryl methyl sites for hydroxylation is 1. The van der Waals surface area contributed by atoms with Gasteiger partial charge in [0, 0.05) is 16.7 Å². The minimum Gasteiger partial charge on any atom is -0.465 e. The molecule has 0 bridgehead atoms. The molecule has 0 unspecified atom stereocenters. The number of thiophene rings is 1. The van der Waals surface area contributed by atoms with Gasteiger partial charge >= 0.3 is 5.97 Å². The van der Waals surface area contributed by atoms with E-state index in [2.05, 4.69) is 16.9 Å². The Morgan fingerprint density at radius 3 is 3.10 bits per heavy atom. The molecular formula is C15H16N2O2S2. The smallest absolute Gasteiger partial charge is 0.319 e. The van der Waals surface area contributed by atoms with Crippen molar-refractivity contribution in [3.63, 3.8) is 0 Å². The third-order valence-corrected chi connectivity index (χ3v) is 6.61. The number of fused-ring (bicyclic) bond motifs is 3. The van der Waals surface area contributed by atoms with Crippen molar-refractivity contribution >= 4 is 39.3 Å². The zero-order chi connectivity index (χ0) is 14.4. The molecule has 2 aromatic heterocycles. The standard InChI is InChI=1S/C15H16N2O2S2/c1-8-2-3-9-11(6-8)21-14-12(9)13(16-7-17-14)20-10-4-5-19-15(10)18/h7-8,10H,2-6H2,1H3/t8-,10-/m1/s1. The molecule has 0 saturated carbocycles. The van der Waals surface area contributed by atoms with Crippen molar-refractivity contribution in [2.75, 3.05) is 6.61 Å². The van der Waals surface area contributed by atoms with Crippen molar-refractivity contribution in [3.8, 4) is 0 Å². The summed E-state index contributed by atoms with van der Waals surface area (Å²) in [6.07, 6.45) is 5.87. The normalized spacial score (nSPS) is 25.1. The summed E-state index contributed by atoms with van der Waals surface area (Å²) in [6, 6.07) is 0. The first kappa shape index (κ1) is 13.5. The average molecular weight is 320 g/mol. The summed E-state index contributed by atoms with van der Waals surface area (Å²) in [5.41, 5.74) is 1.42. The van der Waals surface area contributed by atoms with Gasteiger partial charge in [0.2, 0.25) is 0 Å². The van der Waals surface area contributed by atoms with Crippen LogP contribution in [0.15, 0.2) is 11.4 Å². The molecule has 2 aliphatic rings. The number of nitrogens with zero attached hydrogens (tertiary/aromatic N) is 2. The Kier molecular flexibility index (Phi) is 3.38. The van der Waals surface area contributed by atoms with Gasteiger partial charge in [-0.1, -0.05) is 18.7 Å². The van der Waals surface area contributed by atoms with Gasteiger partial charge in [0.1, 0.15) is 21.4 Å². The lowest BCUT2D eigenvalue weighted by Crippen LogP contribution is -2.11. The van der Waals surface area contributed by atoms with Crippen LogP contribution < -0.4 is 0 Å². The molecular weight excluding hydrogens is 304 g/mol. The van der Waals surface area contributed by atoms with E-state index < -0.39 is 0 Å². The first-order valence-corrected chi connectivity index (χ1v) is 9.00. The van der Waals surface area contributed by atoms with E-state index in [4.69, 9.17) is 4.74 Å². The molecule has 4 rings (SSSR count). The number of cyclic esters (lactones) is 1. The molecule has 0 amide bonds. The van der Waals surface area contributed by atoms with Crippen LogP contribution >= 0.6 is 23.1 Å². The number of carbonyl (C=O) groups is 1. The highest BCUT2D eigenvalue weighted by molar-refractivity contribution is 8.00. The van der Waals surface area contributed by atoms with Gasteiger partial charge in [-0.25, -0.2) is 9.97 Å². The molecule has 2 aromatic rings. The molecule has 4 nitrogen and oxygen atoms in total. The first-order chi connectivity index (χ1) is 10.2. The molecule has 2 atom stereocenters. The van der Waals surface area contributed by atoms with Crippen molar-refractivity contribution in [2.24, 2.45) is 5.92 Å². The van der Waals surface area contributed by atoms with Gasteiger partial charge in [0.25, 0.3) is 0 Å². The van der Waals surface area contributed by atoms with Crippen LogP contribution in [0.5, 0.6) is 0 Å². The lowest BCUT2D eigenvalue weighted by Gasteiger charge is -2.18. The van der Waals surface area contributed by atoms with Crippen LogP contribution in [0.1, 0.15) is 30.2 Å². The summed E-state index contributed by atoms with van der Waals surface area (Å²) in [7, 11) is 0. The third kappa shape index (κ3) is 2.34. The maximum absolute atomic E-state index is 11.7. The maximum atomic E-state index is 11.7. The van der Waals surface area contributed by atoms with Crippen molar-refractivity contribution in [2.45, 2.75) is 42.9 Å². The Morgan fingerprint density at radius 1 is 1.38 bits per heavy atom. The van der Waals surface area contributed by atoms with Crippen LogP contribution in [-0.2, 0) is 22.4 Å². The predicted octanol–water partition coefficient (Wildman–Crippen LogP) is 3.22. The van der Waals surface area contributed by atoms with Crippen LogP contribution in [0.2, 0.25) is 0 Å². The summed E-state index contributed by atoms with van der Waals surface area (Å²) in [5.74, 6) is 0.643. The van der Waals surface area contributed by atoms with Crippen molar-refractivity contribution < 1.29 is 9.53 Å². The fraction of sp³-hybridized carbons (Fsp3) is 0.533. The maximum Gasteiger partial charge on any atom is 0.319 e. The molecule has 1 saturated heterocycles. The highest BCUT2D eigenvalue weighted by Gasteiger charge is 2.30. The van der Waals surface area contributed by atoms with Gasteiger partial charge in [-0.3, -0.25) is 4.79 Å². The molecule has 0 spiro atoms. The highest BCUT2D eigenvalue weighted by Crippen LogP contribution is 2.42. The van der Waals surface area contributed by atoms with E-state index in [1.165, 1.54) is 22.2 Å². The SMILES string of the molecule is C[C@@H]1CCc2c(sc3ncnc(S[C@@H]4CCOC4=O)c23)C1. The van der Waals surface area contributed by atoms with Gasteiger partial charge in [0.15, 0.2) is 0 Å². The minimum atomic E-state index is -0.110. The Labute approximate surface area is 131 Å². The number of esters is 1. The average Bonchev–Trinajstić information content (AvgIpc) is 3.02. The molecule has 0 N–H and O–H groups in total. The van der Waals surface area contributed by atoms with Crippen LogP contribution in [0, 0.1) is 5.92 Å². The van der Waals surface area contributed by atoms with Gasteiger partial charge in [-0.2, -0.15) is 0 Å². The highest BCUT2D eigenvalue weighted by atomic mass is 32.2. The lowest BCUT2D eigenvalue weighted by atomic mass is 9.89. The van der Waals surface area contributed by atoms with Gasteiger partial charge in [-0.05, 0) is 30.7 Å². The molecule has 21 heavy (non-hydrogen) atoms. The van der Waals surface area contributed by atoms with Crippen molar-refractivity contribution in [3.05, 3.63) is 16.8 Å². The van der Waals surface area contributed by atoms with Gasteiger partial charge in [0.05, 0.1) is 6.61 Å². The number of rotatable bonds is 2. The van der Waals surface area contributed by atoms with Crippen LogP contribution in [0.4, 0.5) is 0 Å². The van der Waals surface area contributed by atoms with E-state index >= 15 is 0 Å². The summed E-state index contributed by atoms with van der Waals surface area (Å²) >= 11 is 3.34. The number of thioether (sulfide) groups is 1. The Balaban J connectivity index is 1.77. The molecule has 3 heterocycles. The monoisotopic (exact) mass is 320 g/mol. The largest absolute Gasteiger partial charge is 0.465 e. The van der Waals surface area contributed by atoms with Crippen molar-refractivity contribution in [1.82, 2.24) is 9.97 Å². The number of carbonyl (C=O) groups excluding carboxylic acids is 1. The van der Waals surface area contributed by atoms with Crippen molar-refractivity contribution in [1.29, 1.82) is 0 Å². The molecule has 1 aliphatic heterocycles. The van der Waals surface area contributed by atoms with Gasteiger partial charge in [-0.15, -0.1) is 11.3 Å². The second-order valence-corrected chi connectivity index (χ2v) is 8.05. The zero-order valence-corrected chi connectivity index (χ0v) is 13.4. The zero-order valence-electron chi connectivity index (χ0n) is 11.8. The fourth-order valence-corrected chi connectivity index (χ4v) is 5.56. The van der Waals surface area contributed by atoms with E-state index in [9.17, 15) is 4.79 Å². The predicted molar refractivity (Wildman–Crippen MR) is 83.8 cm³/mol. The quantitative estimate of drug-likeness (QED) is 0.628. The van der Waals surface area contributed by atoms with E-state index in [1.54, 1.807) is 29.4 Å². The summed E-state index contributed by atoms with van der Waals surface area (Å²) < 4.78 is 5.06. The lowest BCUT2D eigenvalue weighted by molar-refractivity contribution is -0.137. The molecule has 110 valence electrons. The van der Waals surface area contributed by atoms with E-state index in [0.717, 1.165) is 35.0 Å². The Bertz CT molecular complexity index is 713. The molecule has 0 radical (unpaired) electrons. The Morgan fingerprint density at radius 2 is 2.29 bits per heavy atom. The van der Waals surface area contributed by atoms with E-state index in [0.29, 0.717) is 6.61 Å². The van der Waals surface area contributed by atoms with E-state index in [1.807, 2.05) is 0 Å². The minimum absolute atomic E-state index is 0.107. The third-order valence-electron chi connectivity index (χ3n) is 4.20.